The molecule has 4 heterocycles. The number of carbonyl (C=O) groups is 1. The highest BCUT2D eigenvalue weighted by molar-refractivity contribution is 7.13. The number of nitrogens with zero attached hydrogens (tertiary/aromatic N) is 6. The lowest BCUT2D eigenvalue weighted by molar-refractivity contribution is 0.0337. The first kappa shape index (κ1) is 18.3. The fourth-order valence-corrected chi connectivity index (χ4v) is 4.20. The zero-order valence-electron chi connectivity index (χ0n) is 15.3. The maximum Gasteiger partial charge on any atom is 0.323 e. The van der Waals surface area contributed by atoms with Gasteiger partial charge in [0.25, 0.3) is 0 Å². The molecular formula is C17H25N7O2S. The minimum absolute atomic E-state index is 0.0542. The van der Waals surface area contributed by atoms with Crippen molar-refractivity contribution in [3.63, 3.8) is 0 Å². The maximum atomic E-state index is 12.5. The Labute approximate surface area is 162 Å². The number of aromatic nitrogens is 4. The molecule has 4 rings (SSSR count). The number of carbonyl (C=O) groups excluding carboxylic acids is 1. The predicted molar refractivity (Wildman–Crippen MR) is 102 cm³/mol. The molecule has 0 spiro atoms. The van der Waals surface area contributed by atoms with Crippen LogP contribution in [0.2, 0.25) is 0 Å². The number of morpholine rings is 1. The third kappa shape index (κ3) is 5.02. The van der Waals surface area contributed by atoms with Crippen molar-refractivity contribution in [1.82, 2.24) is 29.8 Å². The number of amides is 2. The maximum absolute atomic E-state index is 12.5. The molecule has 0 atom stereocenters. The zero-order chi connectivity index (χ0) is 18.5. The number of piperidine rings is 1. The molecule has 1 N–H and O–H groups in total. The van der Waals surface area contributed by atoms with Crippen LogP contribution in [-0.4, -0.2) is 75.2 Å². The molecule has 27 heavy (non-hydrogen) atoms. The van der Waals surface area contributed by atoms with E-state index in [2.05, 4.69) is 25.5 Å². The van der Waals surface area contributed by atoms with Gasteiger partial charge >= 0.3 is 6.03 Å². The minimum atomic E-state index is -0.0542. The Kier molecular flexibility index (Phi) is 5.95. The van der Waals surface area contributed by atoms with Crippen molar-refractivity contribution >= 4 is 22.5 Å². The summed E-state index contributed by atoms with van der Waals surface area (Å²) in [5, 5.41) is 13.5. The molecule has 0 aromatic carbocycles. The molecule has 2 aliphatic rings. The topological polar surface area (TPSA) is 88.4 Å². The van der Waals surface area contributed by atoms with Crippen LogP contribution in [0.1, 0.15) is 18.5 Å². The highest BCUT2D eigenvalue weighted by Gasteiger charge is 2.24. The number of nitrogens with one attached hydrogen (secondary N) is 1. The SMILES string of the molecule is O=C(Nc1nc(CN2CCOCC2)cs1)N1CCC(Cn2ccnn2)CC1. The van der Waals surface area contributed by atoms with Gasteiger partial charge < -0.3 is 9.64 Å². The molecule has 0 unspecified atom stereocenters. The van der Waals surface area contributed by atoms with E-state index in [9.17, 15) is 4.79 Å². The molecule has 10 heteroatoms. The van der Waals surface area contributed by atoms with E-state index in [1.54, 1.807) is 6.20 Å². The summed E-state index contributed by atoms with van der Waals surface area (Å²) >= 11 is 1.49. The second-order valence-corrected chi connectivity index (χ2v) is 7.88. The van der Waals surface area contributed by atoms with Crippen molar-refractivity contribution in [2.75, 3.05) is 44.7 Å². The summed E-state index contributed by atoms with van der Waals surface area (Å²) in [5.74, 6) is 0.538. The second kappa shape index (κ2) is 8.77. The van der Waals surface area contributed by atoms with E-state index in [1.165, 1.54) is 11.3 Å². The van der Waals surface area contributed by atoms with Gasteiger partial charge in [0.2, 0.25) is 0 Å². The van der Waals surface area contributed by atoms with Crippen molar-refractivity contribution in [2.24, 2.45) is 5.92 Å². The lowest BCUT2D eigenvalue weighted by Crippen LogP contribution is -2.41. The number of urea groups is 1. The molecule has 146 valence electrons. The smallest absolute Gasteiger partial charge is 0.323 e. The van der Waals surface area contributed by atoms with E-state index in [1.807, 2.05) is 21.2 Å². The highest BCUT2D eigenvalue weighted by Crippen LogP contribution is 2.21. The van der Waals surface area contributed by atoms with Crippen LogP contribution in [0.4, 0.5) is 9.93 Å². The molecule has 0 saturated carbocycles. The fraction of sp³-hybridized carbons (Fsp3) is 0.647. The predicted octanol–water partition coefficient (Wildman–Crippen LogP) is 1.51. The van der Waals surface area contributed by atoms with Gasteiger partial charge in [0.05, 0.1) is 25.1 Å². The average molecular weight is 392 g/mol. The summed E-state index contributed by atoms with van der Waals surface area (Å²) in [6.07, 6.45) is 5.54. The third-order valence-electron chi connectivity index (χ3n) is 5.07. The number of thiazole rings is 1. The molecule has 0 bridgehead atoms. The van der Waals surface area contributed by atoms with E-state index < -0.39 is 0 Å². The highest BCUT2D eigenvalue weighted by atomic mass is 32.1. The number of hydrogen-bond donors (Lipinski definition) is 1. The minimum Gasteiger partial charge on any atom is -0.379 e. The number of likely N-dealkylation sites (tertiary alicyclic amines) is 1. The van der Waals surface area contributed by atoms with E-state index in [0.717, 1.165) is 71.0 Å². The monoisotopic (exact) mass is 391 g/mol. The quantitative estimate of drug-likeness (QED) is 0.831. The Hall–Kier alpha value is -2.04. The first-order valence-electron chi connectivity index (χ1n) is 9.41. The Morgan fingerprint density at radius 1 is 1.26 bits per heavy atom. The van der Waals surface area contributed by atoms with Crippen LogP contribution in [0.5, 0.6) is 0 Å². The molecule has 2 fully saturated rings. The number of rotatable bonds is 5. The van der Waals surface area contributed by atoms with Crippen molar-refractivity contribution in [3.05, 3.63) is 23.5 Å². The summed E-state index contributed by atoms with van der Waals surface area (Å²) in [5.41, 5.74) is 1.00. The summed E-state index contributed by atoms with van der Waals surface area (Å²) < 4.78 is 7.24. The van der Waals surface area contributed by atoms with E-state index in [-0.39, 0.29) is 6.03 Å². The molecular weight excluding hydrogens is 366 g/mol. The Balaban J connectivity index is 1.22. The summed E-state index contributed by atoms with van der Waals surface area (Å²) in [6, 6.07) is -0.0542. The molecule has 0 radical (unpaired) electrons. The standard InChI is InChI=1S/C17H25N7O2S/c25-17(23-4-1-14(2-5-23)11-24-6-3-18-21-24)20-16-19-15(13-27-16)12-22-7-9-26-10-8-22/h3,6,13-14H,1-2,4-5,7-12H2,(H,19,20,25). The van der Waals surface area contributed by atoms with Crippen molar-refractivity contribution in [1.29, 1.82) is 0 Å². The first-order valence-corrected chi connectivity index (χ1v) is 10.3. The van der Waals surface area contributed by atoms with Crippen LogP contribution >= 0.6 is 11.3 Å². The molecule has 2 aromatic heterocycles. The summed E-state index contributed by atoms with van der Waals surface area (Å²) in [6.45, 7) is 6.62. The Bertz CT molecular complexity index is 721. The van der Waals surface area contributed by atoms with Gasteiger partial charge in [-0.15, -0.1) is 16.4 Å². The van der Waals surface area contributed by atoms with Crippen LogP contribution in [0, 0.1) is 5.92 Å². The van der Waals surface area contributed by atoms with Gasteiger partial charge in [0.1, 0.15) is 0 Å². The van der Waals surface area contributed by atoms with Gasteiger partial charge in [-0.25, -0.2) is 9.78 Å². The third-order valence-corrected chi connectivity index (χ3v) is 5.88. The van der Waals surface area contributed by atoms with E-state index in [0.29, 0.717) is 11.0 Å². The van der Waals surface area contributed by atoms with Gasteiger partial charge in [-0.1, -0.05) is 5.21 Å². The lowest BCUT2D eigenvalue weighted by Gasteiger charge is -2.31. The van der Waals surface area contributed by atoms with Crippen molar-refractivity contribution < 1.29 is 9.53 Å². The normalized spacial score (nSPS) is 19.3. The molecule has 0 aliphatic carbocycles. The molecule has 9 nitrogen and oxygen atoms in total. The van der Waals surface area contributed by atoms with Crippen molar-refractivity contribution in [3.8, 4) is 0 Å². The molecule has 2 amide bonds. The number of anilines is 1. The van der Waals surface area contributed by atoms with Crippen LogP contribution < -0.4 is 5.32 Å². The number of ether oxygens (including phenoxy) is 1. The van der Waals surface area contributed by atoms with Gasteiger partial charge in [-0.2, -0.15) is 0 Å². The van der Waals surface area contributed by atoms with Gasteiger partial charge in [0.15, 0.2) is 5.13 Å². The Morgan fingerprint density at radius 2 is 2.07 bits per heavy atom. The van der Waals surface area contributed by atoms with Crippen LogP contribution in [0.3, 0.4) is 0 Å². The molecule has 2 saturated heterocycles. The van der Waals surface area contributed by atoms with E-state index >= 15 is 0 Å². The van der Waals surface area contributed by atoms with Crippen LogP contribution in [0.15, 0.2) is 17.8 Å². The first-order chi connectivity index (χ1) is 13.3. The lowest BCUT2D eigenvalue weighted by atomic mass is 9.97. The van der Waals surface area contributed by atoms with Gasteiger partial charge in [0, 0.05) is 50.8 Å². The van der Waals surface area contributed by atoms with E-state index in [4.69, 9.17) is 4.74 Å². The summed E-state index contributed by atoms with van der Waals surface area (Å²) in [4.78, 5) is 21.3. The zero-order valence-corrected chi connectivity index (χ0v) is 16.1. The van der Waals surface area contributed by atoms with Gasteiger partial charge in [-0.05, 0) is 18.8 Å². The number of hydrogen-bond acceptors (Lipinski definition) is 7. The average Bonchev–Trinajstić information content (AvgIpc) is 3.35. The molecule has 2 aliphatic heterocycles. The van der Waals surface area contributed by atoms with Crippen LogP contribution in [0.25, 0.3) is 0 Å². The molecule has 2 aromatic rings. The fourth-order valence-electron chi connectivity index (χ4n) is 3.51. The van der Waals surface area contributed by atoms with Crippen molar-refractivity contribution in [2.45, 2.75) is 25.9 Å². The summed E-state index contributed by atoms with van der Waals surface area (Å²) in [7, 11) is 0. The van der Waals surface area contributed by atoms with Gasteiger partial charge in [-0.3, -0.25) is 14.9 Å². The largest absolute Gasteiger partial charge is 0.379 e. The Morgan fingerprint density at radius 3 is 2.81 bits per heavy atom. The second-order valence-electron chi connectivity index (χ2n) is 7.02. The van der Waals surface area contributed by atoms with Crippen LogP contribution in [-0.2, 0) is 17.8 Å².